The highest BCUT2D eigenvalue weighted by molar-refractivity contribution is 9.09. The molecule has 0 atom stereocenters. The molecule has 27 heavy (non-hydrogen) atoms. The third kappa shape index (κ3) is 12.9. The molecule has 0 aliphatic carbocycles. The first-order valence-corrected chi connectivity index (χ1v) is 12.3. The Bertz CT molecular complexity index is 377. The first-order valence-electron chi connectivity index (χ1n) is 11.2. The van der Waals surface area contributed by atoms with Gasteiger partial charge in [-0.3, -0.25) is 4.79 Å². The molecule has 0 aromatic heterocycles. The zero-order chi connectivity index (χ0) is 20.8. The van der Waals surface area contributed by atoms with Crippen LogP contribution < -0.4 is 5.73 Å². The molecule has 0 spiro atoms. The normalized spacial score (nSPS) is 12.4. The molecule has 162 valence electrons. The SMILES string of the molecule is CC(C)(C)C(C)(C)CCCC(=O)N(CCCCN)CCCCCCCCBr. The Hall–Kier alpha value is -0.0900. The van der Waals surface area contributed by atoms with E-state index in [2.05, 4.69) is 55.4 Å². The van der Waals surface area contributed by atoms with E-state index in [0.717, 1.165) is 57.1 Å². The van der Waals surface area contributed by atoms with Crippen LogP contribution in [0.1, 0.15) is 105 Å². The van der Waals surface area contributed by atoms with Gasteiger partial charge in [0.25, 0.3) is 0 Å². The lowest BCUT2D eigenvalue weighted by atomic mass is 9.67. The van der Waals surface area contributed by atoms with Gasteiger partial charge in [0, 0.05) is 24.8 Å². The van der Waals surface area contributed by atoms with Crippen LogP contribution in [0.5, 0.6) is 0 Å². The van der Waals surface area contributed by atoms with Gasteiger partial charge in [0.15, 0.2) is 0 Å². The number of nitrogens with zero attached hydrogens (tertiary/aromatic N) is 1. The van der Waals surface area contributed by atoms with E-state index < -0.39 is 0 Å². The molecule has 0 aromatic rings. The molecule has 0 radical (unpaired) electrons. The lowest BCUT2D eigenvalue weighted by Gasteiger charge is -2.39. The summed E-state index contributed by atoms with van der Waals surface area (Å²) in [7, 11) is 0. The Labute approximate surface area is 178 Å². The van der Waals surface area contributed by atoms with Crippen LogP contribution in [0.4, 0.5) is 0 Å². The van der Waals surface area contributed by atoms with E-state index in [9.17, 15) is 4.79 Å². The Balaban J connectivity index is 4.29. The fraction of sp³-hybridized carbons (Fsp3) is 0.957. The van der Waals surface area contributed by atoms with Crippen LogP contribution in [0.3, 0.4) is 0 Å². The van der Waals surface area contributed by atoms with Gasteiger partial charge >= 0.3 is 0 Å². The summed E-state index contributed by atoms with van der Waals surface area (Å²) in [5.41, 5.74) is 6.16. The second-order valence-electron chi connectivity index (χ2n) is 9.67. The molecule has 0 rings (SSSR count). The number of amides is 1. The van der Waals surface area contributed by atoms with E-state index in [0.29, 0.717) is 12.3 Å². The summed E-state index contributed by atoms with van der Waals surface area (Å²) in [6.45, 7) is 14.1. The van der Waals surface area contributed by atoms with Crippen molar-refractivity contribution in [3.8, 4) is 0 Å². The van der Waals surface area contributed by atoms with Gasteiger partial charge in [0.2, 0.25) is 5.91 Å². The number of hydrogen-bond donors (Lipinski definition) is 1. The first kappa shape index (κ1) is 26.9. The second kappa shape index (κ2) is 14.8. The van der Waals surface area contributed by atoms with Crippen LogP contribution >= 0.6 is 15.9 Å². The summed E-state index contributed by atoms with van der Waals surface area (Å²) in [5, 5.41) is 1.11. The predicted octanol–water partition coefficient (Wildman–Crippen LogP) is 6.53. The van der Waals surface area contributed by atoms with Crippen molar-refractivity contribution in [3.63, 3.8) is 0 Å². The van der Waals surface area contributed by atoms with Gasteiger partial charge in [-0.25, -0.2) is 0 Å². The summed E-state index contributed by atoms with van der Waals surface area (Å²) in [6.07, 6.45) is 12.4. The van der Waals surface area contributed by atoms with Crippen LogP contribution in [0.25, 0.3) is 0 Å². The average Bonchev–Trinajstić information content (AvgIpc) is 2.58. The maximum Gasteiger partial charge on any atom is 0.222 e. The summed E-state index contributed by atoms with van der Waals surface area (Å²) in [4.78, 5) is 14.9. The molecule has 0 aliphatic rings. The van der Waals surface area contributed by atoms with E-state index in [4.69, 9.17) is 5.73 Å². The molecule has 0 bridgehead atoms. The Morgan fingerprint density at radius 3 is 1.85 bits per heavy atom. The number of nitrogens with two attached hydrogens (primary N) is 1. The minimum atomic E-state index is 0.257. The van der Waals surface area contributed by atoms with Gasteiger partial charge < -0.3 is 10.6 Å². The molecule has 4 heteroatoms. The molecule has 0 aliphatic heterocycles. The topological polar surface area (TPSA) is 46.3 Å². The molecular formula is C23H47BrN2O. The van der Waals surface area contributed by atoms with Crippen LogP contribution in [0.2, 0.25) is 0 Å². The maximum atomic E-state index is 12.8. The smallest absolute Gasteiger partial charge is 0.222 e. The number of alkyl halides is 1. The zero-order valence-corrected chi connectivity index (χ0v) is 20.5. The number of carbonyl (C=O) groups is 1. The van der Waals surface area contributed by atoms with Crippen LogP contribution in [0, 0.1) is 10.8 Å². The predicted molar refractivity (Wildman–Crippen MR) is 123 cm³/mol. The first-order chi connectivity index (χ1) is 12.7. The van der Waals surface area contributed by atoms with Gasteiger partial charge in [-0.15, -0.1) is 0 Å². The number of carbonyl (C=O) groups excluding carboxylic acids is 1. The molecular weight excluding hydrogens is 400 g/mol. The summed E-state index contributed by atoms with van der Waals surface area (Å²) in [5.74, 6) is 0.344. The van der Waals surface area contributed by atoms with Crippen molar-refractivity contribution in [2.45, 2.75) is 105 Å². The molecule has 3 nitrogen and oxygen atoms in total. The van der Waals surface area contributed by atoms with E-state index in [1.165, 1.54) is 32.1 Å². The maximum absolute atomic E-state index is 12.8. The van der Waals surface area contributed by atoms with Crippen molar-refractivity contribution < 1.29 is 4.79 Å². The van der Waals surface area contributed by atoms with Gasteiger partial charge in [-0.05, 0) is 55.9 Å². The largest absolute Gasteiger partial charge is 0.343 e. The highest BCUT2D eigenvalue weighted by Gasteiger charge is 2.32. The van der Waals surface area contributed by atoms with Crippen molar-refractivity contribution in [1.82, 2.24) is 4.90 Å². The van der Waals surface area contributed by atoms with E-state index in [-0.39, 0.29) is 10.8 Å². The number of halogens is 1. The highest BCUT2D eigenvalue weighted by atomic mass is 79.9. The Kier molecular flexibility index (Phi) is 14.8. The van der Waals surface area contributed by atoms with Crippen molar-refractivity contribution in [2.75, 3.05) is 25.0 Å². The van der Waals surface area contributed by atoms with Gasteiger partial charge in [-0.2, -0.15) is 0 Å². The van der Waals surface area contributed by atoms with Gasteiger partial charge in [-0.1, -0.05) is 76.2 Å². The fourth-order valence-electron chi connectivity index (χ4n) is 3.13. The molecule has 1 amide bonds. The fourth-order valence-corrected chi connectivity index (χ4v) is 3.52. The third-order valence-corrected chi connectivity index (χ3v) is 6.83. The minimum absolute atomic E-state index is 0.257. The Morgan fingerprint density at radius 2 is 1.33 bits per heavy atom. The summed E-state index contributed by atoms with van der Waals surface area (Å²) in [6, 6.07) is 0. The lowest BCUT2D eigenvalue weighted by Crippen LogP contribution is -2.34. The standard InChI is InChI=1S/C23H47BrN2O/c1-22(2,3)23(4,5)16-14-15-21(27)26(20-13-11-18-25)19-12-9-7-6-8-10-17-24/h6-20,25H2,1-5H3. The summed E-state index contributed by atoms with van der Waals surface area (Å²) < 4.78 is 0. The molecule has 0 aromatic carbocycles. The minimum Gasteiger partial charge on any atom is -0.343 e. The molecule has 0 unspecified atom stereocenters. The quantitative estimate of drug-likeness (QED) is 0.216. The van der Waals surface area contributed by atoms with Crippen LogP contribution in [0.15, 0.2) is 0 Å². The number of unbranched alkanes of at least 4 members (excludes halogenated alkanes) is 6. The highest BCUT2D eigenvalue weighted by Crippen LogP contribution is 2.41. The lowest BCUT2D eigenvalue weighted by molar-refractivity contribution is -0.131. The monoisotopic (exact) mass is 446 g/mol. The second-order valence-corrected chi connectivity index (χ2v) is 10.5. The zero-order valence-electron chi connectivity index (χ0n) is 18.9. The molecule has 0 saturated carbocycles. The average molecular weight is 448 g/mol. The van der Waals surface area contributed by atoms with Gasteiger partial charge in [0.05, 0.1) is 0 Å². The molecule has 0 heterocycles. The summed E-state index contributed by atoms with van der Waals surface area (Å²) >= 11 is 3.49. The molecule has 0 saturated heterocycles. The van der Waals surface area contributed by atoms with E-state index in [1.807, 2.05) is 0 Å². The van der Waals surface area contributed by atoms with Crippen LogP contribution in [-0.4, -0.2) is 35.8 Å². The van der Waals surface area contributed by atoms with Crippen LogP contribution in [-0.2, 0) is 4.79 Å². The Morgan fingerprint density at radius 1 is 0.815 bits per heavy atom. The number of rotatable bonds is 16. The van der Waals surface area contributed by atoms with Crippen molar-refractivity contribution >= 4 is 21.8 Å². The van der Waals surface area contributed by atoms with Gasteiger partial charge in [0.1, 0.15) is 0 Å². The third-order valence-electron chi connectivity index (χ3n) is 6.27. The van der Waals surface area contributed by atoms with Crippen molar-refractivity contribution in [3.05, 3.63) is 0 Å². The van der Waals surface area contributed by atoms with Crippen molar-refractivity contribution in [1.29, 1.82) is 0 Å². The molecule has 2 N–H and O–H groups in total. The molecule has 0 fully saturated rings. The van der Waals surface area contributed by atoms with Crippen molar-refractivity contribution in [2.24, 2.45) is 16.6 Å². The number of hydrogen-bond acceptors (Lipinski definition) is 2. The van der Waals surface area contributed by atoms with E-state index in [1.54, 1.807) is 0 Å². The van der Waals surface area contributed by atoms with E-state index >= 15 is 0 Å².